The summed E-state index contributed by atoms with van der Waals surface area (Å²) in [5.74, 6) is -7.96. The van der Waals surface area contributed by atoms with Gasteiger partial charge in [-0.1, -0.05) is 24.3 Å². The second-order valence-electron chi connectivity index (χ2n) is 14.8. The quantitative estimate of drug-likeness (QED) is 0.178. The van der Waals surface area contributed by atoms with Gasteiger partial charge in [-0.3, -0.25) is 19.2 Å². The van der Waals surface area contributed by atoms with Crippen LogP contribution in [0.2, 0.25) is 0 Å². The van der Waals surface area contributed by atoms with Gasteiger partial charge < -0.3 is 41.0 Å². The molecule has 0 spiro atoms. The second-order valence-corrected chi connectivity index (χ2v) is 14.8. The van der Waals surface area contributed by atoms with Crippen LogP contribution in [0.4, 0.5) is 21.0 Å². The second kappa shape index (κ2) is 15.2. The van der Waals surface area contributed by atoms with Crippen LogP contribution in [0.25, 0.3) is 0 Å². The zero-order valence-corrected chi connectivity index (χ0v) is 29.8. The molecule has 0 bridgehead atoms. The van der Waals surface area contributed by atoms with Gasteiger partial charge in [-0.25, -0.2) is 9.59 Å². The number of anilines is 2. The summed E-state index contributed by atoms with van der Waals surface area (Å²) in [6.45, 7) is 13.6. The maximum Gasteiger partial charge on any atom is 0.407 e. The lowest BCUT2D eigenvalue weighted by Gasteiger charge is -2.59. The molecule has 2 aromatic rings. The largest absolute Gasteiger partial charge is 0.481 e. The van der Waals surface area contributed by atoms with Crippen molar-refractivity contribution in [2.75, 3.05) is 23.7 Å². The number of carbonyl (C=O) groups excluding carboxylic acids is 4. The van der Waals surface area contributed by atoms with Gasteiger partial charge in [0.1, 0.15) is 11.2 Å². The topological polar surface area (TPSA) is 209 Å². The third kappa shape index (κ3) is 9.51. The fraction of sp³-hybridized carbons (Fsp3) is 0.500. The van der Waals surface area contributed by atoms with Crippen LogP contribution in [0.5, 0.6) is 0 Å². The average molecular weight is 697 g/mol. The Kier molecular flexibility index (Phi) is 11.9. The molecule has 6 N–H and O–H groups in total. The highest BCUT2D eigenvalue weighted by molar-refractivity contribution is 6.10. The Morgan fingerprint density at radius 3 is 1.40 bits per heavy atom. The summed E-state index contributed by atoms with van der Waals surface area (Å²) >= 11 is 0. The number of hydrogen-bond acceptors (Lipinski definition) is 8. The van der Waals surface area contributed by atoms with E-state index in [0.29, 0.717) is 37.3 Å². The smallest absolute Gasteiger partial charge is 0.407 e. The minimum atomic E-state index is -2.10. The van der Waals surface area contributed by atoms with Crippen molar-refractivity contribution in [2.45, 2.75) is 79.4 Å². The molecule has 1 aliphatic rings. The van der Waals surface area contributed by atoms with Gasteiger partial charge in [0.05, 0.1) is 22.7 Å². The van der Waals surface area contributed by atoms with Crippen molar-refractivity contribution in [3.63, 3.8) is 0 Å². The molecule has 14 heteroatoms. The SMILES string of the molecule is CC(C)(C)OC(=O)NCCc1ccc(NC(=O)C2C(C)(C(=O)O)C(C(=O)O)C2(C)C(=O)Nc2ccc(CCNC(=O)OC(C)(C)C)cc2)cc1. The maximum absolute atomic E-state index is 13.8. The van der Waals surface area contributed by atoms with Crippen LogP contribution in [-0.4, -0.2) is 70.4 Å². The van der Waals surface area contributed by atoms with Gasteiger partial charge in [0.15, 0.2) is 0 Å². The molecule has 0 aliphatic heterocycles. The monoisotopic (exact) mass is 696 g/mol. The molecule has 2 aromatic carbocycles. The summed E-state index contributed by atoms with van der Waals surface area (Å²) in [6.07, 6.45) is -0.154. The molecule has 1 aliphatic carbocycles. The Morgan fingerprint density at radius 2 is 1.04 bits per heavy atom. The van der Waals surface area contributed by atoms with E-state index in [4.69, 9.17) is 9.47 Å². The highest BCUT2D eigenvalue weighted by atomic mass is 16.6. The molecule has 3 rings (SSSR count). The highest BCUT2D eigenvalue weighted by Crippen LogP contribution is 2.64. The summed E-state index contributed by atoms with van der Waals surface area (Å²) in [5.41, 5.74) is -3.00. The lowest BCUT2D eigenvalue weighted by molar-refractivity contribution is -0.215. The van der Waals surface area contributed by atoms with Gasteiger partial charge in [0.2, 0.25) is 11.8 Å². The van der Waals surface area contributed by atoms with Crippen LogP contribution in [0.15, 0.2) is 48.5 Å². The number of amides is 4. The Morgan fingerprint density at radius 1 is 0.640 bits per heavy atom. The fourth-order valence-corrected chi connectivity index (χ4v) is 6.29. The highest BCUT2D eigenvalue weighted by Gasteiger charge is 2.78. The van der Waals surface area contributed by atoms with E-state index in [1.54, 1.807) is 90.1 Å². The minimum Gasteiger partial charge on any atom is -0.481 e. The molecule has 272 valence electrons. The first-order valence-electron chi connectivity index (χ1n) is 16.3. The molecule has 1 fully saturated rings. The van der Waals surface area contributed by atoms with Gasteiger partial charge in [0, 0.05) is 24.5 Å². The van der Waals surface area contributed by atoms with E-state index in [1.165, 1.54) is 6.92 Å². The Labute approximate surface area is 291 Å². The summed E-state index contributed by atoms with van der Waals surface area (Å²) in [4.78, 5) is 76.2. The van der Waals surface area contributed by atoms with Gasteiger partial charge in [-0.15, -0.1) is 0 Å². The number of rotatable bonds is 12. The van der Waals surface area contributed by atoms with E-state index in [9.17, 15) is 39.0 Å². The lowest BCUT2D eigenvalue weighted by Crippen LogP contribution is -2.74. The molecule has 0 aromatic heterocycles. The molecule has 4 amide bonds. The van der Waals surface area contributed by atoms with Crippen molar-refractivity contribution in [1.82, 2.24) is 10.6 Å². The first-order valence-corrected chi connectivity index (χ1v) is 16.3. The summed E-state index contributed by atoms with van der Waals surface area (Å²) in [7, 11) is 0. The number of nitrogens with one attached hydrogen (secondary N) is 4. The maximum atomic E-state index is 13.8. The van der Waals surface area contributed by atoms with Gasteiger partial charge in [0.25, 0.3) is 0 Å². The van der Waals surface area contributed by atoms with Crippen LogP contribution < -0.4 is 21.3 Å². The standard InChI is InChI=1S/C36H48N4O10/c1-33(2,3)49-31(47)37-19-17-21-9-13-23(14-10-21)39-27(41)25-35(7,26(28(42)43)36(25,8)30(45)46)29(44)40-24-15-11-22(12-16-24)18-20-38-32(48)50-34(4,5)6/h9-16,25-26H,17-20H2,1-8H3,(H,37,47)(H,38,48)(H,39,41)(H,40,44)(H,42,43)(H,45,46). The van der Waals surface area contributed by atoms with Gasteiger partial charge in [-0.2, -0.15) is 0 Å². The van der Waals surface area contributed by atoms with Gasteiger partial charge in [-0.05, 0) is 104 Å². The Hall–Kier alpha value is -5.14. The third-order valence-electron chi connectivity index (χ3n) is 8.45. The van der Waals surface area contributed by atoms with E-state index in [-0.39, 0.29) is 0 Å². The van der Waals surface area contributed by atoms with E-state index in [2.05, 4.69) is 21.3 Å². The molecule has 4 atom stereocenters. The molecule has 0 radical (unpaired) electrons. The normalized spacial score (nSPS) is 21.5. The number of carboxylic acid groups (broad SMARTS) is 2. The number of hydrogen-bond donors (Lipinski definition) is 6. The molecule has 1 saturated carbocycles. The Bertz CT molecular complexity index is 1590. The number of aliphatic carboxylic acids is 2. The van der Waals surface area contributed by atoms with E-state index < -0.39 is 69.8 Å². The molecule has 50 heavy (non-hydrogen) atoms. The minimum absolute atomic E-state index is 0.303. The van der Waals surface area contributed by atoms with Crippen molar-refractivity contribution >= 4 is 47.3 Å². The van der Waals surface area contributed by atoms with Crippen molar-refractivity contribution in [2.24, 2.45) is 22.7 Å². The molecular formula is C36H48N4O10. The average Bonchev–Trinajstić information content (AvgIpc) is 2.96. The number of carboxylic acids is 2. The molecule has 14 nitrogen and oxygen atoms in total. The van der Waals surface area contributed by atoms with Crippen LogP contribution in [0, 0.1) is 22.7 Å². The van der Waals surface area contributed by atoms with Crippen molar-refractivity contribution in [3.05, 3.63) is 59.7 Å². The van der Waals surface area contributed by atoms with Crippen LogP contribution in [0.1, 0.15) is 66.5 Å². The summed E-state index contributed by atoms with van der Waals surface area (Å²) in [5, 5.41) is 30.9. The molecule has 0 saturated heterocycles. The first-order chi connectivity index (χ1) is 23.1. The molecule has 4 unspecified atom stereocenters. The number of benzene rings is 2. The summed E-state index contributed by atoms with van der Waals surface area (Å²) < 4.78 is 10.4. The van der Waals surface area contributed by atoms with Crippen LogP contribution in [0.3, 0.4) is 0 Å². The summed E-state index contributed by atoms with van der Waals surface area (Å²) in [6, 6.07) is 13.2. The van der Waals surface area contributed by atoms with Crippen molar-refractivity contribution < 1.29 is 48.5 Å². The van der Waals surface area contributed by atoms with Crippen molar-refractivity contribution in [1.29, 1.82) is 0 Å². The van der Waals surface area contributed by atoms with Crippen LogP contribution in [-0.2, 0) is 41.5 Å². The predicted octanol–water partition coefficient (Wildman–Crippen LogP) is 4.83. The van der Waals surface area contributed by atoms with Crippen molar-refractivity contribution in [3.8, 4) is 0 Å². The zero-order chi connectivity index (χ0) is 37.7. The molecule has 0 heterocycles. The van der Waals surface area contributed by atoms with E-state index >= 15 is 0 Å². The van der Waals surface area contributed by atoms with Crippen LogP contribution >= 0.6 is 0 Å². The zero-order valence-electron chi connectivity index (χ0n) is 29.8. The Balaban J connectivity index is 1.71. The number of carbonyl (C=O) groups is 6. The number of alkyl carbamates (subject to hydrolysis) is 2. The predicted molar refractivity (Wildman–Crippen MR) is 184 cm³/mol. The van der Waals surface area contributed by atoms with E-state index in [1.807, 2.05) is 0 Å². The first kappa shape index (κ1) is 39.3. The van der Waals surface area contributed by atoms with Gasteiger partial charge >= 0.3 is 24.1 Å². The lowest BCUT2D eigenvalue weighted by atomic mass is 9.39. The third-order valence-corrected chi connectivity index (χ3v) is 8.45. The number of ether oxygens (including phenoxy) is 2. The fourth-order valence-electron chi connectivity index (χ4n) is 6.29. The molecular weight excluding hydrogens is 648 g/mol. The van der Waals surface area contributed by atoms with E-state index in [0.717, 1.165) is 18.1 Å².